The van der Waals surface area contributed by atoms with Gasteiger partial charge < -0.3 is 4.74 Å². The molecular formula is C21H30O4. The molecule has 0 amide bonds. The van der Waals surface area contributed by atoms with Crippen molar-refractivity contribution < 1.29 is 19.1 Å². The second kappa shape index (κ2) is 5.52. The first-order valence-electron chi connectivity index (χ1n) is 9.40. The maximum atomic E-state index is 13.2. The molecule has 0 N–H and O–H groups in total. The molecule has 1 atom stereocenters. The van der Waals surface area contributed by atoms with Crippen LogP contribution in [0.4, 0.5) is 0 Å². The molecule has 1 heterocycles. The molecule has 1 aliphatic heterocycles. The summed E-state index contributed by atoms with van der Waals surface area (Å²) in [5.74, 6) is 0.240. The van der Waals surface area contributed by atoms with Gasteiger partial charge in [-0.1, -0.05) is 41.5 Å². The van der Waals surface area contributed by atoms with E-state index in [0.29, 0.717) is 43.4 Å². The Morgan fingerprint density at radius 1 is 0.920 bits per heavy atom. The first-order valence-corrected chi connectivity index (χ1v) is 9.40. The maximum absolute atomic E-state index is 13.2. The third-order valence-corrected chi connectivity index (χ3v) is 5.82. The molecule has 1 fully saturated rings. The Morgan fingerprint density at radius 3 is 1.96 bits per heavy atom. The second-order valence-corrected chi connectivity index (χ2v) is 10.2. The first kappa shape index (κ1) is 18.3. The molecule has 0 radical (unpaired) electrons. The molecular weight excluding hydrogens is 316 g/mol. The van der Waals surface area contributed by atoms with Crippen LogP contribution in [0.2, 0.25) is 0 Å². The van der Waals surface area contributed by atoms with Gasteiger partial charge >= 0.3 is 0 Å². The summed E-state index contributed by atoms with van der Waals surface area (Å²) in [6.07, 6.45) is 2.35. The minimum absolute atomic E-state index is 0.0548. The minimum Gasteiger partial charge on any atom is -0.475 e. The molecule has 138 valence electrons. The van der Waals surface area contributed by atoms with Crippen LogP contribution in [0.15, 0.2) is 11.3 Å². The molecule has 1 spiro atoms. The van der Waals surface area contributed by atoms with Gasteiger partial charge in [0.15, 0.2) is 17.3 Å². The highest BCUT2D eigenvalue weighted by Gasteiger charge is 2.64. The number of ketones is 3. The van der Waals surface area contributed by atoms with Crippen LogP contribution in [0.1, 0.15) is 73.6 Å². The molecule has 4 heteroatoms. The normalized spacial score (nSPS) is 30.0. The summed E-state index contributed by atoms with van der Waals surface area (Å²) >= 11 is 0. The molecule has 1 unspecified atom stereocenters. The Balaban J connectivity index is 2.09. The summed E-state index contributed by atoms with van der Waals surface area (Å²) in [5, 5.41) is 0. The smallest absolute Gasteiger partial charge is 0.230 e. The zero-order valence-electron chi connectivity index (χ0n) is 16.3. The third-order valence-electron chi connectivity index (χ3n) is 5.82. The SMILES string of the molecule is CC(C)CC1C2=C(CC(C)(C)CC2=O)OC12C(=O)CC(C)(C)CC2=O. The van der Waals surface area contributed by atoms with Gasteiger partial charge in [-0.25, -0.2) is 0 Å². The van der Waals surface area contributed by atoms with Gasteiger partial charge in [0.05, 0.1) is 0 Å². The average molecular weight is 346 g/mol. The number of hydrogen-bond donors (Lipinski definition) is 0. The Labute approximate surface area is 150 Å². The molecule has 3 aliphatic rings. The summed E-state index contributed by atoms with van der Waals surface area (Å²) in [7, 11) is 0. The van der Waals surface area contributed by atoms with E-state index in [4.69, 9.17) is 4.74 Å². The van der Waals surface area contributed by atoms with Gasteiger partial charge in [-0.3, -0.25) is 14.4 Å². The molecule has 0 saturated heterocycles. The van der Waals surface area contributed by atoms with E-state index in [1.54, 1.807) is 0 Å². The van der Waals surface area contributed by atoms with Crippen molar-refractivity contribution in [3.05, 3.63) is 11.3 Å². The average Bonchev–Trinajstić information content (AvgIpc) is 2.69. The van der Waals surface area contributed by atoms with Crippen molar-refractivity contribution in [2.24, 2.45) is 22.7 Å². The molecule has 2 aliphatic carbocycles. The van der Waals surface area contributed by atoms with Crippen molar-refractivity contribution in [1.29, 1.82) is 0 Å². The fourth-order valence-electron chi connectivity index (χ4n) is 4.83. The Hall–Kier alpha value is -1.45. The summed E-state index contributed by atoms with van der Waals surface area (Å²) in [5.41, 5.74) is -1.34. The van der Waals surface area contributed by atoms with E-state index in [2.05, 4.69) is 13.8 Å². The summed E-state index contributed by atoms with van der Waals surface area (Å²) in [6, 6.07) is 0. The van der Waals surface area contributed by atoms with E-state index in [9.17, 15) is 14.4 Å². The zero-order valence-corrected chi connectivity index (χ0v) is 16.3. The third kappa shape index (κ3) is 2.88. The predicted octanol–water partition coefficient (Wildman–Crippen LogP) is 4.02. The fraction of sp³-hybridized carbons (Fsp3) is 0.762. The lowest BCUT2D eigenvalue weighted by Crippen LogP contribution is -2.58. The predicted molar refractivity (Wildman–Crippen MR) is 94.8 cm³/mol. The van der Waals surface area contributed by atoms with E-state index in [0.717, 1.165) is 0 Å². The summed E-state index contributed by atoms with van der Waals surface area (Å²) in [6.45, 7) is 12.1. The summed E-state index contributed by atoms with van der Waals surface area (Å²) < 4.78 is 6.19. The standard InChI is InChI=1S/C21H30O4/c1-12(2)7-13-18-14(22)8-19(3,4)9-15(18)25-21(13)16(23)10-20(5,6)11-17(21)24/h12-13H,7-11H2,1-6H3. The summed E-state index contributed by atoms with van der Waals surface area (Å²) in [4.78, 5) is 39.2. The van der Waals surface area contributed by atoms with Crippen molar-refractivity contribution in [2.75, 3.05) is 0 Å². The van der Waals surface area contributed by atoms with Gasteiger partial charge in [0.25, 0.3) is 0 Å². The van der Waals surface area contributed by atoms with Gasteiger partial charge in [0.2, 0.25) is 5.60 Å². The van der Waals surface area contributed by atoms with E-state index in [-0.39, 0.29) is 34.1 Å². The van der Waals surface area contributed by atoms with Gasteiger partial charge in [-0.15, -0.1) is 0 Å². The molecule has 4 nitrogen and oxygen atoms in total. The van der Waals surface area contributed by atoms with Gasteiger partial charge in [-0.2, -0.15) is 0 Å². The highest BCUT2D eigenvalue weighted by molar-refractivity contribution is 6.16. The van der Waals surface area contributed by atoms with Crippen molar-refractivity contribution >= 4 is 17.3 Å². The lowest BCUT2D eigenvalue weighted by molar-refractivity contribution is -0.163. The monoisotopic (exact) mass is 346 g/mol. The molecule has 1 saturated carbocycles. The molecule has 0 bridgehead atoms. The highest BCUT2D eigenvalue weighted by atomic mass is 16.5. The highest BCUT2D eigenvalue weighted by Crippen LogP contribution is 2.55. The van der Waals surface area contributed by atoms with Crippen LogP contribution in [-0.4, -0.2) is 23.0 Å². The number of hydrogen-bond acceptors (Lipinski definition) is 4. The largest absolute Gasteiger partial charge is 0.475 e. The van der Waals surface area contributed by atoms with E-state index in [1.165, 1.54) is 0 Å². The molecule has 0 aromatic heterocycles. The molecule has 3 rings (SSSR count). The van der Waals surface area contributed by atoms with Crippen LogP contribution in [0.5, 0.6) is 0 Å². The lowest BCUT2D eigenvalue weighted by Gasteiger charge is -2.41. The van der Waals surface area contributed by atoms with Gasteiger partial charge in [0.1, 0.15) is 5.76 Å². The van der Waals surface area contributed by atoms with Crippen molar-refractivity contribution in [3.63, 3.8) is 0 Å². The van der Waals surface area contributed by atoms with Crippen LogP contribution in [0.25, 0.3) is 0 Å². The van der Waals surface area contributed by atoms with Crippen LogP contribution < -0.4 is 0 Å². The van der Waals surface area contributed by atoms with Gasteiger partial charge in [-0.05, 0) is 23.2 Å². The zero-order chi connectivity index (χ0) is 18.8. The van der Waals surface area contributed by atoms with Crippen molar-refractivity contribution in [1.82, 2.24) is 0 Å². The van der Waals surface area contributed by atoms with E-state index >= 15 is 0 Å². The first-order chi connectivity index (χ1) is 11.4. The van der Waals surface area contributed by atoms with Crippen LogP contribution in [-0.2, 0) is 19.1 Å². The van der Waals surface area contributed by atoms with Crippen molar-refractivity contribution in [2.45, 2.75) is 79.2 Å². The maximum Gasteiger partial charge on any atom is 0.230 e. The Bertz CT molecular complexity index is 658. The van der Waals surface area contributed by atoms with E-state index < -0.39 is 11.5 Å². The van der Waals surface area contributed by atoms with Crippen molar-refractivity contribution in [3.8, 4) is 0 Å². The fourth-order valence-corrected chi connectivity index (χ4v) is 4.83. The number of rotatable bonds is 2. The van der Waals surface area contributed by atoms with Crippen LogP contribution in [0, 0.1) is 22.7 Å². The second-order valence-electron chi connectivity index (χ2n) is 10.2. The number of carbonyl (C=O) groups is 3. The van der Waals surface area contributed by atoms with E-state index in [1.807, 2.05) is 27.7 Å². The number of carbonyl (C=O) groups excluding carboxylic acids is 3. The Morgan fingerprint density at radius 2 is 1.44 bits per heavy atom. The quantitative estimate of drug-likeness (QED) is 0.709. The number of ether oxygens (including phenoxy) is 1. The van der Waals surface area contributed by atoms with Crippen LogP contribution >= 0.6 is 0 Å². The molecule has 0 aromatic carbocycles. The lowest BCUT2D eigenvalue weighted by atomic mass is 9.62. The molecule has 25 heavy (non-hydrogen) atoms. The Kier molecular flexibility index (Phi) is 4.05. The number of Topliss-reactive ketones (excluding diaryl/α,β-unsaturated/α-hetero) is 3. The molecule has 0 aromatic rings. The topological polar surface area (TPSA) is 60.4 Å². The van der Waals surface area contributed by atoms with Gasteiger partial charge in [0, 0.05) is 37.2 Å². The minimum atomic E-state index is -1.44. The van der Waals surface area contributed by atoms with Crippen LogP contribution in [0.3, 0.4) is 0 Å². The number of allylic oxidation sites excluding steroid dienone is 1.